The highest BCUT2D eigenvalue weighted by atomic mass is 16.7. The van der Waals surface area contributed by atoms with Gasteiger partial charge in [0.05, 0.1) is 18.8 Å². The van der Waals surface area contributed by atoms with E-state index >= 15 is 0 Å². The fraction of sp³-hybridized carbons (Fsp3) is 0.562. The topological polar surface area (TPSA) is 55.8 Å². The number of carbonyl (C=O) groups excluding carboxylic acids is 1. The monoisotopic (exact) mass is 278 g/mol. The number of hydrogen-bond donors (Lipinski definition) is 1. The average molecular weight is 278 g/mol. The second-order valence-electron chi connectivity index (χ2n) is 6.08. The zero-order valence-electron chi connectivity index (χ0n) is 12.5. The number of aromatic hydroxyl groups is 1. The lowest BCUT2D eigenvalue weighted by molar-refractivity contribution is -0.167. The molecule has 1 heterocycles. The molecule has 1 aromatic carbocycles. The number of phenols is 1. The maximum atomic E-state index is 12.7. The Morgan fingerprint density at radius 1 is 1.30 bits per heavy atom. The largest absolute Gasteiger partial charge is 0.507 e. The summed E-state index contributed by atoms with van der Waals surface area (Å²) in [5.74, 6) is -1.05. The van der Waals surface area contributed by atoms with Crippen LogP contribution in [0.3, 0.4) is 0 Å². The molecule has 1 aliphatic rings. The van der Waals surface area contributed by atoms with Crippen molar-refractivity contribution in [3.05, 3.63) is 29.3 Å². The second-order valence-corrected chi connectivity index (χ2v) is 6.08. The fourth-order valence-corrected chi connectivity index (χ4v) is 2.48. The lowest BCUT2D eigenvalue weighted by Gasteiger charge is -2.30. The lowest BCUT2D eigenvalue weighted by Crippen LogP contribution is -2.31. The van der Waals surface area contributed by atoms with Crippen molar-refractivity contribution in [1.29, 1.82) is 0 Å². The molecular weight excluding hydrogens is 256 g/mol. The van der Waals surface area contributed by atoms with Crippen LogP contribution in [0.1, 0.15) is 50.0 Å². The molecule has 1 aromatic rings. The van der Waals surface area contributed by atoms with Crippen LogP contribution in [-0.2, 0) is 15.3 Å². The number of Topliss-reactive ketones (excluding diaryl/α,β-unsaturated/α-hetero) is 1. The molecule has 4 heteroatoms. The average Bonchev–Trinajstić information content (AvgIpc) is 2.86. The van der Waals surface area contributed by atoms with Gasteiger partial charge in [0, 0.05) is 17.4 Å². The van der Waals surface area contributed by atoms with Gasteiger partial charge in [0.15, 0.2) is 11.6 Å². The fourth-order valence-electron chi connectivity index (χ4n) is 2.48. The first-order chi connectivity index (χ1) is 9.32. The lowest BCUT2D eigenvalue weighted by atomic mass is 9.82. The summed E-state index contributed by atoms with van der Waals surface area (Å²) < 4.78 is 11.5. The maximum absolute atomic E-state index is 12.7. The molecule has 0 unspecified atom stereocenters. The van der Waals surface area contributed by atoms with Gasteiger partial charge in [-0.2, -0.15) is 0 Å². The van der Waals surface area contributed by atoms with E-state index in [2.05, 4.69) is 0 Å². The van der Waals surface area contributed by atoms with Crippen molar-refractivity contribution in [2.24, 2.45) is 5.41 Å². The molecule has 1 fully saturated rings. The third-order valence-electron chi connectivity index (χ3n) is 3.58. The molecule has 0 radical (unpaired) electrons. The second kappa shape index (κ2) is 5.19. The van der Waals surface area contributed by atoms with E-state index in [4.69, 9.17) is 9.47 Å². The molecule has 4 nitrogen and oxygen atoms in total. The van der Waals surface area contributed by atoms with E-state index in [1.165, 1.54) is 6.07 Å². The van der Waals surface area contributed by atoms with Crippen LogP contribution in [0.2, 0.25) is 0 Å². The Morgan fingerprint density at radius 2 is 1.90 bits per heavy atom. The number of ether oxygens (including phenoxy) is 2. The molecule has 0 spiro atoms. The van der Waals surface area contributed by atoms with Crippen molar-refractivity contribution in [2.45, 2.75) is 39.9 Å². The Labute approximate surface area is 119 Å². The first-order valence-corrected chi connectivity index (χ1v) is 6.97. The van der Waals surface area contributed by atoms with Crippen LogP contribution in [0.4, 0.5) is 0 Å². The molecule has 0 amide bonds. The molecule has 1 aliphatic heterocycles. The maximum Gasteiger partial charge on any atom is 0.195 e. The van der Waals surface area contributed by atoms with Gasteiger partial charge in [0.2, 0.25) is 0 Å². The van der Waals surface area contributed by atoms with E-state index in [0.29, 0.717) is 30.8 Å². The van der Waals surface area contributed by atoms with Crippen molar-refractivity contribution in [1.82, 2.24) is 0 Å². The number of benzene rings is 1. The zero-order chi connectivity index (χ0) is 15.0. The van der Waals surface area contributed by atoms with Crippen LogP contribution in [-0.4, -0.2) is 24.1 Å². The van der Waals surface area contributed by atoms with Crippen molar-refractivity contribution in [3.63, 3.8) is 0 Å². The highest BCUT2D eigenvalue weighted by Gasteiger charge is 2.41. The number of rotatable bonds is 3. The first-order valence-electron chi connectivity index (χ1n) is 6.97. The normalized spacial score (nSPS) is 18.2. The summed E-state index contributed by atoms with van der Waals surface area (Å²) in [4.78, 5) is 12.7. The van der Waals surface area contributed by atoms with Crippen LogP contribution in [0.25, 0.3) is 0 Å². The molecule has 2 rings (SSSR count). The summed E-state index contributed by atoms with van der Waals surface area (Å²) in [5.41, 5.74) is 0.349. The van der Waals surface area contributed by atoms with Crippen molar-refractivity contribution in [2.75, 3.05) is 13.2 Å². The number of ketones is 1. The minimum Gasteiger partial charge on any atom is -0.507 e. The predicted molar refractivity (Wildman–Crippen MR) is 75.8 cm³/mol. The van der Waals surface area contributed by atoms with Crippen LogP contribution in [0.15, 0.2) is 18.2 Å². The van der Waals surface area contributed by atoms with Crippen molar-refractivity contribution < 1.29 is 19.4 Å². The van der Waals surface area contributed by atoms with Crippen molar-refractivity contribution >= 4 is 5.78 Å². The summed E-state index contributed by atoms with van der Waals surface area (Å²) in [6.45, 7) is 8.43. The van der Waals surface area contributed by atoms with Gasteiger partial charge in [-0.25, -0.2) is 0 Å². The van der Waals surface area contributed by atoms with Crippen LogP contribution < -0.4 is 0 Å². The molecule has 1 saturated heterocycles. The zero-order valence-corrected chi connectivity index (χ0v) is 12.5. The van der Waals surface area contributed by atoms with Gasteiger partial charge < -0.3 is 14.6 Å². The summed E-state index contributed by atoms with van der Waals surface area (Å²) in [7, 11) is 0. The highest BCUT2D eigenvalue weighted by molar-refractivity contribution is 6.03. The van der Waals surface area contributed by atoms with Crippen molar-refractivity contribution in [3.8, 4) is 5.75 Å². The minimum absolute atomic E-state index is 0.0191. The Kier molecular flexibility index (Phi) is 3.89. The molecule has 1 N–H and O–H groups in total. The molecule has 0 saturated carbocycles. The van der Waals surface area contributed by atoms with E-state index in [9.17, 15) is 9.90 Å². The molecular formula is C16H22O4. The molecule has 110 valence electrons. The standard InChI is InChI=1S/C16H22O4/c1-5-16(19-9-10-20-16)11-7-6-8-12(17)13(11)14(18)15(2,3)4/h6-8,17H,5,9-10H2,1-4H3. The van der Waals surface area contributed by atoms with Gasteiger partial charge in [-0.3, -0.25) is 4.79 Å². The van der Waals surface area contributed by atoms with Crippen LogP contribution >= 0.6 is 0 Å². The third kappa shape index (κ3) is 2.45. The highest BCUT2D eigenvalue weighted by Crippen LogP contribution is 2.41. The predicted octanol–water partition coefficient (Wildman–Crippen LogP) is 3.23. The quantitative estimate of drug-likeness (QED) is 0.862. The van der Waals surface area contributed by atoms with Gasteiger partial charge in [0.25, 0.3) is 0 Å². The van der Waals surface area contributed by atoms with E-state index in [0.717, 1.165) is 0 Å². The molecule has 0 aliphatic carbocycles. The first kappa shape index (κ1) is 15.0. The summed E-state index contributed by atoms with van der Waals surface area (Å²) >= 11 is 0. The van der Waals surface area contributed by atoms with Gasteiger partial charge in [-0.05, 0) is 6.07 Å². The van der Waals surface area contributed by atoms with E-state index in [1.807, 2.05) is 27.7 Å². The van der Waals surface area contributed by atoms with Gasteiger partial charge >= 0.3 is 0 Å². The third-order valence-corrected chi connectivity index (χ3v) is 3.58. The molecule has 20 heavy (non-hydrogen) atoms. The summed E-state index contributed by atoms with van der Waals surface area (Å²) in [6, 6.07) is 5.04. The Bertz CT molecular complexity index is 508. The van der Waals surface area contributed by atoms with E-state index < -0.39 is 11.2 Å². The Hall–Kier alpha value is -1.39. The smallest absolute Gasteiger partial charge is 0.195 e. The Balaban J connectivity index is 2.60. The SMILES string of the molecule is CCC1(c2cccc(O)c2C(=O)C(C)(C)C)OCCO1. The van der Waals surface area contributed by atoms with Gasteiger partial charge in [-0.1, -0.05) is 39.8 Å². The van der Waals surface area contributed by atoms with Gasteiger partial charge in [-0.15, -0.1) is 0 Å². The Morgan fingerprint density at radius 3 is 2.40 bits per heavy atom. The van der Waals surface area contributed by atoms with E-state index in [-0.39, 0.29) is 11.5 Å². The molecule has 0 aromatic heterocycles. The number of hydrogen-bond acceptors (Lipinski definition) is 4. The summed E-state index contributed by atoms with van der Waals surface area (Å²) in [5, 5.41) is 10.2. The molecule has 0 bridgehead atoms. The number of carbonyl (C=O) groups is 1. The molecule has 0 atom stereocenters. The minimum atomic E-state index is -0.922. The van der Waals surface area contributed by atoms with Crippen LogP contribution in [0.5, 0.6) is 5.75 Å². The summed E-state index contributed by atoms with van der Waals surface area (Å²) in [6.07, 6.45) is 0.584. The number of phenolic OH excluding ortho intramolecular Hbond substituents is 1. The van der Waals surface area contributed by atoms with E-state index in [1.54, 1.807) is 12.1 Å². The van der Waals surface area contributed by atoms with Gasteiger partial charge in [0.1, 0.15) is 5.75 Å². The van der Waals surface area contributed by atoms with Crippen LogP contribution in [0, 0.1) is 5.41 Å².